The topological polar surface area (TPSA) is 38.7 Å². The standard InChI is InChI=1S/C59H37N3/c1-3-15-39(16-4-1)56-60-57(40-17-5-2-6-18-40)62-58(61-56)49-34-32-43-35-42-19-7-8-20-44(42)55(43)54(49)38-29-27-37(28-30-38)41-31-33-48-47-23-11-14-26-52(47)59(53(48)36-41)50-24-12-9-21-45(50)46-22-10-13-25-51(46)59/h1-34,36H,35H2. The molecule has 288 valence electrons. The molecule has 10 aromatic rings. The highest BCUT2D eigenvalue weighted by molar-refractivity contribution is 5.99. The molecule has 0 amide bonds. The second-order valence-corrected chi connectivity index (χ2v) is 16.6. The molecule has 0 N–H and O–H groups in total. The van der Waals surface area contributed by atoms with E-state index >= 15 is 0 Å². The van der Waals surface area contributed by atoms with Crippen LogP contribution < -0.4 is 0 Å². The van der Waals surface area contributed by atoms with Gasteiger partial charge in [0.25, 0.3) is 0 Å². The Morgan fingerprint density at radius 1 is 0.274 bits per heavy atom. The van der Waals surface area contributed by atoms with Crippen LogP contribution in [0.15, 0.2) is 212 Å². The number of hydrogen-bond donors (Lipinski definition) is 0. The third-order valence-corrected chi connectivity index (χ3v) is 13.4. The molecule has 3 aliphatic rings. The van der Waals surface area contributed by atoms with Crippen molar-refractivity contribution in [3.63, 3.8) is 0 Å². The van der Waals surface area contributed by atoms with Crippen molar-refractivity contribution in [3.8, 4) is 89.8 Å². The summed E-state index contributed by atoms with van der Waals surface area (Å²) in [7, 11) is 0. The van der Waals surface area contributed by atoms with Gasteiger partial charge in [-0.15, -0.1) is 0 Å². The van der Waals surface area contributed by atoms with Gasteiger partial charge in [0.2, 0.25) is 0 Å². The molecular formula is C59H37N3. The Morgan fingerprint density at radius 2 is 0.726 bits per heavy atom. The second-order valence-electron chi connectivity index (χ2n) is 16.6. The van der Waals surface area contributed by atoms with Gasteiger partial charge in [0, 0.05) is 22.3 Å². The van der Waals surface area contributed by atoms with E-state index in [0.29, 0.717) is 17.5 Å². The summed E-state index contributed by atoms with van der Waals surface area (Å²) < 4.78 is 0. The lowest BCUT2D eigenvalue weighted by Crippen LogP contribution is -2.25. The third kappa shape index (κ3) is 5.03. The Kier molecular flexibility index (Phi) is 7.58. The Hall–Kier alpha value is -8.01. The van der Waals surface area contributed by atoms with Crippen LogP contribution in [0.2, 0.25) is 0 Å². The van der Waals surface area contributed by atoms with Crippen LogP contribution in [0, 0.1) is 0 Å². The highest BCUT2D eigenvalue weighted by atomic mass is 15.0. The number of fused-ring (bicyclic) bond motifs is 13. The van der Waals surface area contributed by atoms with Crippen molar-refractivity contribution in [2.75, 3.05) is 0 Å². The smallest absolute Gasteiger partial charge is 0.164 e. The van der Waals surface area contributed by atoms with Gasteiger partial charge in [-0.2, -0.15) is 0 Å². The molecule has 0 saturated heterocycles. The Morgan fingerprint density at radius 3 is 1.32 bits per heavy atom. The van der Waals surface area contributed by atoms with Crippen molar-refractivity contribution >= 4 is 0 Å². The van der Waals surface area contributed by atoms with E-state index in [4.69, 9.17) is 15.0 Å². The predicted octanol–water partition coefficient (Wildman–Crippen LogP) is 14.1. The molecule has 13 rings (SSSR count). The van der Waals surface area contributed by atoms with E-state index in [-0.39, 0.29) is 5.41 Å². The van der Waals surface area contributed by atoms with Crippen LogP contribution in [0.5, 0.6) is 0 Å². The lowest BCUT2D eigenvalue weighted by Gasteiger charge is -2.30. The van der Waals surface area contributed by atoms with Gasteiger partial charge in [0.05, 0.1) is 5.41 Å². The molecule has 62 heavy (non-hydrogen) atoms. The van der Waals surface area contributed by atoms with Gasteiger partial charge in [-0.05, 0) is 95.9 Å². The quantitative estimate of drug-likeness (QED) is 0.174. The molecule has 0 unspecified atom stereocenters. The monoisotopic (exact) mass is 787 g/mol. The summed E-state index contributed by atoms with van der Waals surface area (Å²) in [6.45, 7) is 0. The van der Waals surface area contributed by atoms with Crippen molar-refractivity contribution < 1.29 is 0 Å². The molecule has 1 aromatic heterocycles. The first kappa shape index (κ1) is 34.8. The summed E-state index contributed by atoms with van der Waals surface area (Å²) in [5.41, 5.74) is 23.0. The summed E-state index contributed by atoms with van der Waals surface area (Å²) in [5, 5.41) is 0. The largest absolute Gasteiger partial charge is 0.208 e. The first-order valence-electron chi connectivity index (χ1n) is 21.4. The summed E-state index contributed by atoms with van der Waals surface area (Å²) >= 11 is 0. The zero-order valence-electron chi connectivity index (χ0n) is 33.8. The average Bonchev–Trinajstić information content (AvgIpc) is 3.98. The second kappa shape index (κ2) is 13.5. The zero-order valence-corrected chi connectivity index (χ0v) is 33.8. The van der Waals surface area contributed by atoms with E-state index in [9.17, 15) is 0 Å². The Balaban J connectivity index is 0.987. The fourth-order valence-electron chi connectivity index (χ4n) is 10.7. The lowest BCUT2D eigenvalue weighted by molar-refractivity contribution is 0.794. The van der Waals surface area contributed by atoms with Gasteiger partial charge >= 0.3 is 0 Å². The first-order chi connectivity index (χ1) is 30.7. The third-order valence-electron chi connectivity index (χ3n) is 13.4. The molecule has 1 spiro atoms. The minimum Gasteiger partial charge on any atom is -0.208 e. The fraction of sp³-hybridized carbons (Fsp3) is 0.0339. The molecule has 1 heterocycles. The van der Waals surface area contributed by atoms with Crippen LogP contribution in [0.3, 0.4) is 0 Å². The van der Waals surface area contributed by atoms with E-state index < -0.39 is 0 Å². The van der Waals surface area contributed by atoms with Crippen LogP contribution >= 0.6 is 0 Å². The number of rotatable bonds is 5. The summed E-state index contributed by atoms with van der Waals surface area (Å²) in [6.07, 6.45) is 0.893. The summed E-state index contributed by atoms with van der Waals surface area (Å²) in [5.74, 6) is 1.96. The lowest BCUT2D eigenvalue weighted by atomic mass is 9.70. The molecule has 3 nitrogen and oxygen atoms in total. The number of hydrogen-bond acceptors (Lipinski definition) is 3. The van der Waals surface area contributed by atoms with Gasteiger partial charge in [0.1, 0.15) is 0 Å². The maximum absolute atomic E-state index is 5.23. The van der Waals surface area contributed by atoms with E-state index in [1.807, 2.05) is 36.4 Å². The minimum absolute atomic E-state index is 0.385. The van der Waals surface area contributed by atoms with Gasteiger partial charge in [-0.25, -0.2) is 15.0 Å². The van der Waals surface area contributed by atoms with Crippen molar-refractivity contribution in [2.45, 2.75) is 11.8 Å². The number of benzene rings is 9. The zero-order chi connectivity index (χ0) is 40.8. The van der Waals surface area contributed by atoms with Crippen LogP contribution in [0.4, 0.5) is 0 Å². The van der Waals surface area contributed by atoms with Gasteiger partial charge in [-0.1, -0.05) is 206 Å². The van der Waals surface area contributed by atoms with Gasteiger partial charge in [0.15, 0.2) is 17.5 Å². The number of nitrogens with zero attached hydrogens (tertiary/aromatic N) is 3. The molecule has 9 aromatic carbocycles. The minimum atomic E-state index is -0.385. The van der Waals surface area contributed by atoms with E-state index in [2.05, 4.69) is 176 Å². The first-order valence-corrected chi connectivity index (χ1v) is 21.4. The van der Waals surface area contributed by atoms with Crippen LogP contribution in [0.1, 0.15) is 33.4 Å². The fourth-order valence-corrected chi connectivity index (χ4v) is 10.7. The van der Waals surface area contributed by atoms with Crippen molar-refractivity contribution in [3.05, 3.63) is 246 Å². The number of aromatic nitrogens is 3. The molecule has 0 radical (unpaired) electrons. The van der Waals surface area contributed by atoms with E-state index in [1.165, 1.54) is 77.9 Å². The highest BCUT2D eigenvalue weighted by Crippen LogP contribution is 2.63. The molecule has 3 heteroatoms. The highest BCUT2D eigenvalue weighted by Gasteiger charge is 2.51. The van der Waals surface area contributed by atoms with Gasteiger partial charge < -0.3 is 0 Å². The average molecular weight is 788 g/mol. The Labute approximate surface area is 360 Å². The SMILES string of the molecule is c1ccc(-c2nc(-c3ccccc3)nc(-c3ccc4c(c3-c3ccc(-c5ccc6c(c5)C5(c7ccccc7-c7ccccc75)c5ccccc5-6)cc3)-c3ccccc3C4)n2)cc1. The Bertz CT molecular complexity index is 3300. The van der Waals surface area contributed by atoms with Crippen LogP contribution in [0.25, 0.3) is 89.8 Å². The molecule has 0 saturated carbocycles. The molecule has 0 atom stereocenters. The predicted molar refractivity (Wildman–Crippen MR) is 252 cm³/mol. The summed E-state index contributed by atoms with van der Waals surface area (Å²) in [4.78, 5) is 15.5. The molecular weight excluding hydrogens is 751 g/mol. The van der Waals surface area contributed by atoms with Crippen molar-refractivity contribution in [2.24, 2.45) is 0 Å². The maximum Gasteiger partial charge on any atom is 0.164 e. The van der Waals surface area contributed by atoms with E-state index in [1.54, 1.807) is 0 Å². The van der Waals surface area contributed by atoms with Crippen LogP contribution in [-0.4, -0.2) is 15.0 Å². The molecule has 3 aliphatic carbocycles. The molecule has 0 aliphatic heterocycles. The normalized spacial score (nSPS) is 13.2. The molecule has 0 fully saturated rings. The van der Waals surface area contributed by atoms with Crippen molar-refractivity contribution in [1.29, 1.82) is 0 Å². The molecule has 0 bridgehead atoms. The van der Waals surface area contributed by atoms with Gasteiger partial charge in [-0.3, -0.25) is 0 Å². The summed E-state index contributed by atoms with van der Waals surface area (Å²) in [6, 6.07) is 77.1. The van der Waals surface area contributed by atoms with E-state index in [0.717, 1.165) is 34.2 Å². The van der Waals surface area contributed by atoms with Crippen molar-refractivity contribution in [1.82, 2.24) is 15.0 Å². The maximum atomic E-state index is 5.23. The van der Waals surface area contributed by atoms with Crippen LogP contribution in [-0.2, 0) is 11.8 Å².